The second kappa shape index (κ2) is 6.88. The summed E-state index contributed by atoms with van der Waals surface area (Å²) in [4.78, 5) is 10.6. The highest BCUT2D eigenvalue weighted by atomic mass is 16.3. The van der Waals surface area contributed by atoms with E-state index in [0.29, 0.717) is 0 Å². The van der Waals surface area contributed by atoms with Gasteiger partial charge in [-0.15, -0.1) is 4.91 Å². The van der Waals surface area contributed by atoms with Crippen LogP contribution in [-0.4, -0.2) is 7.05 Å². The molecular formula is C20H18N2O. The molecule has 23 heavy (non-hydrogen) atoms. The lowest BCUT2D eigenvalue weighted by atomic mass is 9.85. The molecule has 3 nitrogen and oxygen atoms in total. The highest BCUT2D eigenvalue weighted by Crippen LogP contribution is 2.32. The van der Waals surface area contributed by atoms with Crippen LogP contribution in [0.5, 0.6) is 0 Å². The predicted molar refractivity (Wildman–Crippen MR) is 94.5 cm³/mol. The maximum atomic E-state index is 10.6. The zero-order valence-electron chi connectivity index (χ0n) is 13.0. The van der Waals surface area contributed by atoms with E-state index in [1.54, 1.807) is 7.05 Å². The van der Waals surface area contributed by atoms with E-state index in [2.05, 4.69) is 65.9 Å². The van der Waals surface area contributed by atoms with Crippen LogP contribution in [0.15, 0.2) is 90.2 Å². The Kier molecular flexibility index (Phi) is 4.48. The maximum Gasteiger partial charge on any atom is 0.0623 e. The molecule has 0 N–H and O–H groups in total. The molecule has 0 unspecified atom stereocenters. The second-order valence-electron chi connectivity index (χ2n) is 5.45. The molecule has 0 saturated carbocycles. The molecule has 0 radical (unpaired) electrons. The quantitative estimate of drug-likeness (QED) is 0.378. The zero-order valence-corrected chi connectivity index (χ0v) is 13.0. The largest absolute Gasteiger partial charge is 0.232 e. The van der Waals surface area contributed by atoms with Gasteiger partial charge in [-0.1, -0.05) is 72.8 Å². The van der Waals surface area contributed by atoms with Gasteiger partial charge in [-0.3, -0.25) is 0 Å². The summed E-state index contributed by atoms with van der Waals surface area (Å²) < 4.78 is 0. The van der Waals surface area contributed by atoms with E-state index in [4.69, 9.17) is 0 Å². The summed E-state index contributed by atoms with van der Waals surface area (Å²) in [5, 5.41) is 4.26. The summed E-state index contributed by atoms with van der Waals surface area (Å²) in [5.74, 6) is 0.168. The molecule has 3 rings (SSSR count). The van der Waals surface area contributed by atoms with Crippen LogP contribution in [-0.2, 0) is 0 Å². The summed E-state index contributed by atoms with van der Waals surface area (Å²) in [7, 11) is 1.65. The third-order valence-electron chi connectivity index (χ3n) is 3.99. The average Bonchev–Trinajstić information content (AvgIpc) is 2.64. The molecule has 0 spiro atoms. The van der Waals surface area contributed by atoms with Crippen molar-refractivity contribution in [3.8, 4) is 0 Å². The Morgan fingerprint density at radius 2 is 1.13 bits per heavy atom. The van der Waals surface area contributed by atoms with Gasteiger partial charge in [0, 0.05) is 13.0 Å². The topological polar surface area (TPSA) is 32.7 Å². The Morgan fingerprint density at radius 1 is 0.696 bits per heavy atom. The average molecular weight is 302 g/mol. The molecule has 0 heterocycles. The number of anilines is 1. The van der Waals surface area contributed by atoms with E-state index in [1.807, 2.05) is 24.3 Å². The minimum Gasteiger partial charge on any atom is -0.232 e. The van der Waals surface area contributed by atoms with Crippen molar-refractivity contribution in [1.82, 2.24) is 0 Å². The van der Waals surface area contributed by atoms with Gasteiger partial charge in [-0.05, 0) is 28.8 Å². The van der Waals surface area contributed by atoms with Gasteiger partial charge in [0.2, 0.25) is 0 Å². The van der Waals surface area contributed by atoms with Crippen LogP contribution in [0.3, 0.4) is 0 Å². The van der Waals surface area contributed by atoms with Crippen molar-refractivity contribution in [1.29, 1.82) is 0 Å². The Hall–Kier alpha value is -2.94. The van der Waals surface area contributed by atoms with Crippen LogP contribution in [0.4, 0.5) is 5.69 Å². The Morgan fingerprint density at radius 3 is 1.57 bits per heavy atom. The van der Waals surface area contributed by atoms with Crippen LogP contribution in [0.1, 0.15) is 22.6 Å². The van der Waals surface area contributed by atoms with Crippen molar-refractivity contribution in [2.24, 2.45) is 5.29 Å². The van der Waals surface area contributed by atoms with Gasteiger partial charge in [0.05, 0.1) is 11.0 Å². The van der Waals surface area contributed by atoms with E-state index in [1.165, 1.54) is 21.7 Å². The zero-order chi connectivity index (χ0) is 16.1. The molecule has 0 aliphatic rings. The van der Waals surface area contributed by atoms with Crippen molar-refractivity contribution in [3.05, 3.63) is 107 Å². The number of hydrogen-bond donors (Lipinski definition) is 0. The molecule has 3 aromatic carbocycles. The fourth-order valence-electron chi connectivity index (χ4n) is 2.80. The number of nitrogens with zero attached hydrogens (tertiary/aromatic N) is 2. The third-order valence-corrected chi connectivity index (χ3v) is 3.99. The minimum absolute atomic E-state index is 0.168. The van der Waals surface area contributed by atoms with Crippen LogP contribution >= 0.6 is 0 Å². The molecule has 0 aliphatic carbocycles. The lowest BCUT2D eigenvalue weighted by Crippen LogP contribution is -2.07. The lowest BCUT2D eigenvalue weighted by Gasteiger charge is -2.19. The van der Waals surface area contributed by atoms with Crippen LogP contribution < -0.4 is 5.01 Å². The van der Waals surface area contributed by atoms with Gasteiger partial charge < -0.3 is 0 Å². The number of rotatable bonds is 5. The maximum absolute atomic E-state index is 10.6. The summed E-state index contributed by atoms with van der Waals surface area (Å²) in [6, 6.07) is 28.8. The Balaban J connectivity index is 2.04. The first-order chi connectivity index (χ1) is 11.3. The van der Waals surface area contributed by atoms with Crippen molar-refractivity contribution in [2.75, 3.05) is 12.1 Å². The van der Waals surface area contributed by atoms with E-state index >= 15 is 0 Å². The summed E-state index contributed by atoms with van der Waals surface area (Å²) in [5.41, 5.74) is 4.45. The molecule has 0 saturated heterocycles. The van der Waals surface area contributed by atoms with E-state index < -0.39 is 0 Å². The SMILES string of the molecule is CN(N=O)c1ccc(C(c2ccccc2)c2ccccc2)cc1. The van der Waals surface area contributed by atoms with Gasteiger partial charge in [0.25, 0.3) is 0 Å². The smallest absolute Gasteiger partial charge is 0.0623 e. The first-order valence-electron chi connectivity index (χ1n) is 7.56. The number of hydrogen-bond acceptors (Lipinski definition) is 2. The Bertz CT molecular complexity index is 715. The summed E-state index contributed by atoms with van der Waals surface area (Å²) in [6.45, 7) is 0. The van der Waals surface area contributed by atoms with Gasteiger partial charge in [-0.2, -0.15) is 0 Å². The summed E-state index contributed by atoms with van der Waals surface area (Å²) in [6.07, 6.45) is 0. The first-order valence-corrected chi connectivity index (χ1v) is 7.56. The third kappa shape index (κ3) is 3.29. The molecule has 0 aromatic heterocycles. The van der Waals surface area contributed by atoms with Crippen molar-refractivity contribution in [2.45, 2.75) is 5.92 Å². The lowest BCUT2D eigenvalue weighted by molar-refractivity contribution is 0.967. The second-order valence-corrected chi connectivity index (χ2v) is 5.45. The van der Waals surface area contributed by atoms with Crippen molar-refractivity contribution < 1.29 is 0 Å². The molecule has 3 heteroatoms. The van der Waals surface area contributed by atoms with Gasteiger partial charge >= 0.3 is 0 Å². The van der Waals surface area contributed by atoms with Crippen LogP contribution in [0, 0.1) is 4.91 Å². The van der Waals surface area contributed by atoms with E-state index in [0.717, 1.165) is 5.69 Å². The van der Waals surface area contributed by atoms with Crippen molar-refractivity contribution in [3.63, 3.8) is 0 Å². The van der Waals surface area contributed by atoms with Gasteiger partial charge in [-0.25, -0.2) is 5.01 Å². The molecule has 0 amide bonds. The van der Waals surface area contributed by atoms with E-state index in [9.17, 15) is 4.91 Å². The van der Waals surface area contributed by atoms with Gasteiger partial charge in [0.15, 0.2) is 0 Å². The highest BCUT2D eigenvalue weighted by Gasteiger charge is 2.16. The minimum atomic E-state index is 0.168. The Labute approximate surface area is 136 Å². The molecular weight excluding hydrogens is 284 g/mol. The standard InChI is InChI=1S/C20H18N2O/c1-22(21-23)19-14-12-18(13-15-19)20(16-8-4-2-5-9-16)17-10-6-3-7-11-17/h2-15,20H,1H3. The first kappa shape index (κ1) is 15.0. The molecule has 0 atom stereocenters. The normalized spacial score (nSPS) is 10.5. The molecule has 3 aromatic rings. The van der Waals surface area contributed by atoms with Gasteiger partial charge in [0.1, 0.15) is 0 Å². The molecule has 0 fully saturated rings. The highest BCUT2D eigenvalue weighted by molar-refractivity contribution is 5.50. The van der Waals surface area contributed by atoms with Crippen LogP contribution in [0.2, 0.25) is 0 Å². The number of nitroso groups, excluding NO2 is 1. The monoisotopic (exact) mass is 302 g/mol. The van der Waals surface area contributed by atoms with Crippen LogP contribution in [0.25, 0.3) is 0 Å². The fraction of sp³-hybridized carbons (Fsp3) is 0.100. The van der Waals surface area contributed by atoms with E-state index in [-0.39, 0.29) is 5.92 Å². The molecule has 114 valence electrons. The number of benzene rings is 3. The van der Waals surface area contributed by atoms with Crippen molar-refractivity contribution >= 4 is 5.69 Å². The fourth-order valence-corrected chi connectivity index (χ4v) is 2.80. The molecule has 0 aliphatic heterocycles. The summed E-state index contributed by atoms with van der Waals surface area (Å²) >= 11 is 0. The predicted octanol–water partition coefficient (Wildman–Crippen LogP) is 4.98. The molecule has 0 bridgehead atoms.